The van der Waals surface area contributed by atoms with Gasteiger partial charge in [-0.15, -0.1) is 0 Å². The van der Waals surface area contributed by atoms with Gasteiger partial charge in [0.25, 0.3) is 0 Å². The fraction of sp³-hybridized carbons (Fsp3) is 0.222. The lowest BCUT2D eigenvalue weighted by Gasteiger charge is -2.00. The van der Waals surface area contributed by atoms with Crippen LogP contribution in [0.25, 0.3) is 0 Å². The number of ketones is 1. The number of hydrogen-bond acceptors (Lipinski definition) is 2. The van der Waals surface area contributed by atoms with Gasteiger partial charge in [0.05, 0.1) is 11.3 Å². The van der Waals surface area contributed by atoms with E-state index in [0.29, 0.717) is 0 Å². The summed E-state index contributed by atoms with van der Waals surface area (Å²) in [6.07, 6.45) is 1.33. The Balaban J connectivity index is 3.00. The van der Waals surface area contributed by atoms with Crippen LogP contribution in [0, 0.1) is 11.6 Å². The maximum absolute atomic E-state index is 13.0. The number of Topliss-reactive ketones (excluding diaryl/α,β-unsaturated/α-hetero) is 1. The lowest BCUT2D eigenvalue weighted by atomic mass is 10.1. The first-order valence-electron chi connectivity index (χ1n) is 3.79. The van der Waals surface area contributed by atoms with Crippen LogP contribution in [0.2, 0.25) is 0 Å². The largest absolute Gasteiger partial charge is 0.293 e. The van der Waals surface area contributed by atoms with Crippen molar-refractivity contribution < 1.29 is 17.8 Å². The second-order valence-corrected chi connectivity index (χ2v) is 4.20. The molecule has 0 aliphatic carbocycles. The Morgan fingerprint density at radius 2 is 2.07 bits per heavy atom. The molecule has 0 heterocycles. The Bertz CT molecular complexity index is 390. The smallest absolute Gasteiger partial charge is 0.178 e. The lowest BCUT2D eigenvalue weighted by molar-refractivity contribution is 0.101. The van der Waals surface area contributed by atoms with Crippen molar-refractivity contribution in [2.24, 2.45) is 0 Å². The first-order valence-corrected chi connectivity index (χ1v) is 5.51. The molecule has 5 heteroatoms. The molecule has 1 aromatic carbocycles. The third-order valence-corrected chi connectivity index (χ3v) is 2.23. The predicted molar refractivity (Wildman–Crippen MR) is 49.6 cm³/mol. The van der Waals surface area contributed by atoms with Crippen molar-refractivity contribution in [2.45, 2.75) is 0 Å². The zero-order valence-electron chi connectivity index (χ0n) is 7.42. The van der Waals surface area contributed by atoms with Gasteiger partial charge in [-0.3, -0.25) is 9.00 Å². The van der Waals surface area contributed by atoms with E-state index in [0.717, 1.165) is 18.2 Å². The number of benzene rings is 1. The highest BCUT2D eigenvalue weighted by Gasteiger charge is 2.13. The molecule has 0 bridgehead atoms. The van der Waals surface area contributed by atoms with Gasteiger partial charge in [0.15, 0.2) is 5.78 Å². The van der Waals surface area contributed by atoms with Gasteiger partial charge in [-0.05, 0) is 18.2 Å². The highest BCUT2D eigenvalue weighted by Crippen LogP contribution is 2.10. The first-order chi connectivity index (χ1) is 6.50. The van der Waals surface area contributed by atoms with Crippen molar-refractivity contribution >= 4 is 16.6 Å². The standard InChI is InChI=1S/C9H8F2O2S/c1-14(13)5-9(12)7-4-6(10)2-3-8(7)11/h2-4H,5H2,1H3. The van der Waals surface area contributed by atoms with Crippen molar-refractivity contribution in [3.63, 3.8) is 0 Å². The van der Waals surface area contributed by atoms with Crippen LogP contribution in [0.15, 0.2) is 18.2 Å². The van der Waals surface area contributed by atoms with Gasteiger partial charge in [0.1, 0.15) is 11.6 Å². The molecule has 0 fully saturated rings. The third kappa shape index (κ3) is 2.70. The van der Waals surface area contributed by atoms with Crippen molar-refractivity contribution in [2.75, 3.05) is 12.0 Å². The van der Waals surface area contributed by atoms with Crippen LogP contribution in [0.4, 0.5) is 8.78 Å². The summed E-state index contributed by atoms with van der Waals surface area (Å²) in [7, 11) is -1.35. The van der Waals surface area contributed by atoms with Crippen LogP contribution < -0.4 is 0 Å². The molecule has 14 heavy (non-hydrogen) atoms. The molecular weight excluding hydrogens is 210 g/mol. The molecule has 76 valence electrons. The summed E-state index contributed by atoms with van der Waals surface area (Å²) in [5.74, 6) is -2.42. The monoisotopic (exact) mass is 218 g/mol. The molecule has 0 N–H and O–H groups in total. The molecule has 1 atom stereocenters. The Morgan fingerprint density at radius 1 is 1.43 bits per heavy atom. The number of halogens is 2. The van der Waals surface area contributed by atoms with E-state index in [-0.39, 0.29) is 11.3 Å². The molecule has 0 aliphatic heterocycles. The first kappa shape index (κ1) is 11.0. The maximum atomic E-state index is 13.0. The Morgan fingerprint density at radius 3 is 2.64 bits per heavy atom. The van der Waals surface area contributed by atoms with Crippen molar-refractivity contribution in [3.05, 3.63) is 35.4 Å². The van der Waals surface area contributed by atoms with Gasteiger partial charge in [0, 0.05) is 17.1 Å². The van der Waals surface area contributed by atoms with Crippen LogP contribution in [0.1, 0.15) is 10.4 Å². The van der Waals surface area contributed by atoms with Crippen LogP contribution >= 0.6 is 0 Å². The molecule has 0 saturated carbocycles. The highest BCUT2D eigenvalue weighted by atomic mass is 32.2. The summed E-state index contributed by atoms with van der Waals surface area (Å²) < 4.78 is 36.3. The van der Waals surface area contributed by atoms with E-state index in [4.69, 9.17) is 0 Å². The summed E-state index contributed by atoms with van der Waals surface area (Å²) in [6.45, 7) is 0. The van der Waals surface area contributed by atoms with E-state index >= 15 is 0 Å². The van der Waals surface area contributed by atoms with E-state index in [1.54, 1.807) is 0 Å². The number of hydrogen-bond donors (Lipinski definition) is 0. The maximum Gasteiger partial charge on any atom is 0.178 e. The highest BCUT2D eigenvalue weighted by molar-refractivity contribution is 7.85. The average Bonchev–Trinajstić information content (AvgIpc) is 2.08. The summed E-state index contributed by atoms with van der Waals surface area (Å²) in [6, 6.07) is 2.61. The van der Waals surface area contributed by atoms with Gasteiger partial charge >= 0.3 is 0 Å². The van der Waals surface area contributed by atoms with E-state index in [2.05, 4.69) is 0 Å². The van der Waals surface area contributed by atoms with Crippen molar-refractivity contribution in [1.29, 1.82) is 0 Å². The van der Waals surface area contributed by atoms with Crippen LogP contribution in [0.3, 0.4) is 0 Å². The van der Waals surface area contributed by atoms with E-state index in [9.17, 15) is 17.8 Å². The van der Waals surface area contributed by atoms with Gasteiger partial charge < -0.3 is 0 Å². The Kier molecular flexibility index (Phi) is 3.46. The molecular formula is C9H8F2O2S. The van der Waals surface area contributed by atoms with E-state index < -0.39 is 28.2 Å². The minimum absolute atomic E-state index is 0.291. The molecule has 1 rings (SSSR count). The van der Waals surface area contributed by atoms with E-state index in [1.807, 2.05) is 0 Å². The molecule has 2 nitrogen and oxygen atoms in total. The van der Waals surface area contributed by atoms with Crippen LogP contribution in [-0.4, -0.2) is 22.0 Å². The normalized spacial score (nSPS) is 12.5. The van der Waals surface area contributed by atoms with Crippen LogP contribution in [-0.2, 0) is 10.8 Å². The summed E-state index contributed by atoms with van der Waals surface area (Å²) in [4.78, 5) is 11.2. The van der Waals surface area contributed by atoms with Crippen molar-refractivity contribution in [3.8, 4) is 0 Å². The molecule has 1 unspecified atom stereocenters. The zero-order chi connectivity index (χ0) is 10.7. The van der Waals surface area contributed by atoms with Gasteiger partial charge in [-0.25, -0.2) is 8.78 Å². The Hall–Kier alpha value is -1.10. The predicted octanol–water partition coefficient (Wildman–Crippen LogP) is 1.53. The fourth-order valence-corrected chi connectivity index (χ4v) is 1.50. The number of carbonyl (C=O) groups is 1. The average molecular weight is 218 g/mol. The molecule has 0 amide bonds. The zero-order valence-corrected chi connectivity index (χ0v) is 8.24. The molecule has 0 aliphatic rings. The van der Waals surface area contributed by atoms with Gasteiger partial charge in [0.2, 0.25) is 0 Å². The fourth-order valence-electron chi connectivity index (χ4n) is 0.974. The summed E-state index contributed by atoms with van der Waals surface area (Å²) >= 11 is 0. The van der Waals surface area contributed by atoms with E-state index in [1.165, 1.54) is 6.26 Å². The summed E-state index contributed by atoms with van der Waals surface area (Å²) in [5.41, 5.74) is -0.347. The van der Waals surface area contributed by atoms with Crippen LogP contribution in [0.5, 0.6) is 0 Å². The Labute approximate surface area is 82.4 Å². The van der Waals surface area contributed by atoms with Gasteiger partial charge in [-0.2, -0.15) is 0 Å². The SMILES string of the molecule is CS(=O)CC(=O)c1cc(F)ccc1F. The lowest BCUT2D eigenvalue weighted by Crippen LogP contribution is -2.11. The second kappa shape index (κ2) is 4.41. The number of rotatable bonds is 3. The summed E-state index contributed by atoms with van der Waals surface area (Å²) in [5, 5.41) is 0. The van der Waals surface area contributed by atoms with Gasteiger partial charge in [-0.1, -0.05) is 0 Å². The second-order valence-electron chi connectivity index (χ2n) is 2.76. The molecule has 0 spiro atoms. The molecule has 0 radical (unpaired) electrons. The quantitative estimate of drug-likeness (QED) is 0.721. The third-order valence-electron chi connectivity index (χ3n) is 1.56. The van der Waals surface area contributed by atoms with Crippen molar-refractivity contribution in [1.82, 2.24) is 0 Å². The molecule has 0 saturated heterocycles. The molecule has 0 aromatic heterocycles. The number of carbonyl (C=O) groups excluding carboxylic acids is 1. The minimum atomic E-state index is -1.35. The minimum Gasteiger partial charge on any atom is -0.293 e. The topological polar surface area (TPSA) is 34.1 Å². The molecule has 1 aromatic rings.